The third-order valence-electron chi connectivity index (χ3n) is 3.08. The summed E-state index contributed by atoms with van der Waals surface area (Å²) in [7, 11) is 0. The fourth-order valence-corrected chi connectivity index (χ4v) is 2.09. The van der Waals surface area contributed by atoms with Crippen LogP contribution in [0.3, 0.4) is 0 Å². The van der Waals surface area contributed by atoms with Crippen molar-refractivity contribution in [1.29, 1.82) is 0 Å². The van der Waals surface area contributed by atoms with Crippen molar-refractivity contribution in [3.05, 3.63) is 47.7 Å². The van der Waals surface area contributed by atoms with Crippen LogP contribution in [0.15, 0.2) is 36.4 Å². The van der Waals surface area contributed by atoms with Gasteiger partial charge in [-0.1, -0.05) is 17.7 Å². The van der Waals surface area contributed by atoms with Gasteiger partial charge in [-0.2, -0.15) is 0 Å². The van der Waals surface area contributed by atoms with Crippen LogP contribution in [0.5, 0.6) is 5.75 Å². The first-order valence-corrected chi connectivity index (χ1v) is 6.15. The number of carbonyl (C=O) groups excluding carboxylic acids is 1. The average molecular weight is 254 g/mol. The maximum atomic E-state index is 12.1. The van der Waals surface area contributed by atoms with Gasteiger partial charge in [-0.15, -0.1) is 0 Å². The summed E-state index contributed by atoms with van der Waals surface area (Å²) in [5.41, 5.74) is 2.83. The Morgan fingerprint density at radius 3 is 2.58 bits per heavy atom. The van der Waals surface area contributed by atoms with Gasteiger partial charge in [-0.25, -0.2) is 4.98 Å². The summed E-state index contributed by atoms with van der Waals surface area (Å²) in [6.45, 7) is 3.96. The zero-order chi connectivity index (χ0) is 13.4. The van der Waals surface area contributed by atoms with Gasteiger partial charge in [-0.3, -0.25) is 9.69 Å². The Kier molecular flexibility index (Phi) is 2.71. The molecule has 0 aliphatic carbocycles. The molecule has 0 unspecified atom stereocenters. The standard InChI is InChI=1S/C15H14N2O2/c1-10-3-6-12(7-4-10)17-14(18)9-19-13-8-5-11(2)16-15(13)17/h3-8H,9H2,1-2H3. The predicted octanol–water partition coefficient (Wildman–Crippen LogP) is 2.76. The Balaban J connectivity index is 2.12. The van der Waals surface area contributed by atoms with E-state index in [-0.39, 0.29) is 12.5 Å². The SMILES string of the molecule is Cc1ccc(N2C(=O)COc3ccc(C)nc32)cc1. The van der Waals surface area contributed by atoms with Gasteiger partial charge < -0.3 is 4.74 Å². The number of aryl methyl sites for hydroxylation is 2. The molecule has 4 heteroatoms. The third kappa shape index (κ3) is 2.05. The highest BCUT2D eigenvalue weighted by molar-refractivity contribution is 6.03. The van der Waals surface area contributed by atoms with Crippen LogP contribution >= 0.6 is 0 Å². The molecule has 0 bridgehead atoms. The number of anilines is 2. The lowest BCUT2D eigenvalue weighted by molar-refractivity contribution is -0.120. The second kappa shape index (κ2) is 4.39. The van der Waals surface area contributed by atoms with E-state index < -0.39 is 0 Å². The molecule has 1 aromatic carbocycles. The Hall–Kier alpha value is -2.36. The Labute approximate surface area is 111 Å². The van der Waals surface area contributed by atoms with E-state index >= 15 is 0 Å². The minimum Gasteiger partial charge on any atom is -0.480 e. The molecular weight excluding hydrogens is 240 g/mol. The van der Waals surface area contributed by atoms with E-state index in [0.29, 0.717) is 11.6 Å². The molecule has 2 heterocycles. The number of amides is 1. The number of ether oxygens (including phenoxy) is 1. The zero-order valence-electron chi connectivity index (χ0n) is 10.9. The molecule has 0 spiro atoms. The van der Waals surface area contributed by atoms with Crippen LogP contribution in [0.4, 0.5) is 11.5 Å². The highest BCUT2D eigenvalue weighted by Gasteiger charge is 2.28. The van der Waals surface area contributed by atoms with Gasteiger partial charge in [0.15, 0.2) is 18.2 Å². The van der Waals surface area contributed by atoms with Crippen LogP contribution in [-0.2, 0) is 4.79 Å². The molecule has 0 saturated heterocycles. The molecule has 4 nitrogen and oxygen atoms in total. The molecule has 0 saturated carbocycles. The molecule has 1 aliphatic rings. The van der Waals surface area contributed by atoms with E-state index in [4.69, 9.17) is 4.74 Å². The highest BCUT2D eigenvalue weighted by atomic mass is 16.5. The van der Waals surface area contributed by atoms with Gasteiger partial charge in [0, 0.05) is 5.69 Å². The van der Waals surface area contributed by atoms with E-state index in [1.165, 1.54) is 0 Å². The molecule has 96 valence electrons. The number of rotatable bonds is 1. The van der Waals surface area contributed by atoms with Crippen molar-refractivity contribution in [3.63, 3.8) is 0 Å². The van der Waals surface area contributed by atoms with Gasteiger partial charge in [-0.05, 0) is 38.1 Å². The monoisotopic (exact) mass is 254 g/mol. The molecule has 3 rings (SSSR count). The topological polar surface area (TPSA) is 42.4 Å². The number of aromatic nitrogens is 1. The smallest absolute Gasteiger partial charge is 0.270 e. The first kappa shape index (κ1) is 11.7. The molecular formula is C15H14N2O2. The number of hydrogen-bond acceptors (Lipinski definition) is 3. The number of carbonyl (C=O) groups is 1. The lowest BCUT2D eigenvalue weighted by Crippen LogP contribution is -2.35. The molecule has 19 heavy (non-hydrogen) atoms. The van der Waals surface area contributed by atoms with Crippen LogP contribution in [0.1, 0.15) is 11.3 Å². The van der Waals surface area contributed by atoms with E-state index in [0.717, 1.165) is 16.9 Å². The van der Waals surface area contributed by atoms with Crippen molar-refractivity contribution in [2.24, 2.45) is 0 Å². The minimum atomic E-state index is -0.102. The van der Waals surface area contributed by atoms with Gasteiger partial charge >= 0.3 is 0 Å². The molecule has 1 aromatic heterocycles. The average Bonchev–Trinajstić information content (AvgIpc) is 2.40. The van der Waals surface area contributed by atoms with Gasteiger partial charge in [0.25, 0.3) is 5.91 Å². The maximum Gasteiger partial charge on any atom is 0.270 e. The van der Waals surface area contributed by atoms with Gasteiger partial charge in [0.1, 0.15) is 0 Å². The number of hydrogen-bond donors (Lipinski definition) is 0. The third-order valence-corrected chi connectivity index (χ3v) is 3.08. The molecule has 1 amide bonds. The van der Waals surface area contributed by atoms with Crippen LogP contribution in [-0.4, -0.2) is 17.5 Å². The number of fused-ring (bicyclic) bond motifs is 1. The Bertz CT molecular complexity index is 635. The van der Waals surface area contributed by atoms with Crippen molar-refractivity contribution >= 4 is 17.4 Å². The van der Waals surface area contributed by atoms with Crippen molar-refractivity contribution in [2.45, 2.75) is 13.8 Å². The molecule has 0 fully saturated rings. The predicted molar refractivity (Wildman–Crippen MR) is 72.8 cm³/mol. The first-order valence-electron chi connectivity index (χ1n) is 6.15. The summed E-state index contributed by atoms with van der Waals surface area (Å²) >= 11 is 0. The van der Waals surface area contributed by atoms with Crippen LogP contribution < -0.4 is 9.64 Å². The molecule has 0 radical (unpaired) electrons. The van der Waals surface area contributed by atoms with Crippen LogP contribution in [0.25, 0.3) is 0 Å². The van der Waals surface area contributed by atoms with Gasteiger partial charge in [0.05, 0.1) is 5.69 Å². The fourth-order valence-electron chi connectivity index (χ4n) is 2.09. The second-order valence-electron chi connectivity index (χ2n) is 4.63. The number of nitrogens with zero attached hydrogens (tertiary/aromatic N) is 2. The summed E-state index contributed by atoms with van der Waals surface area (Å²) in [6.07, 6.45) is 0. The Morgan fingerprint density at radius 2 is 1.84 bits per heavy atom. The van der Waals surface area contributed by atoms with Crippen molar-refractivity contribution in [2.75, 3.05) is 11.5 Å². The maximum absolute atomic E-state index is 12.1. The highest BCUT2D eigenvalue weighted by Crippen LogP contribution is 2.35. The van der Waals surface area contributed by atoms with E-state index in [1.807, 2.05) is 50.2 Å². The van der Waals surface area contributed by atoms with Gasteiger partial charge in [0.2, 0.25) is 0 Å². The largest absolute Gasteiger partial charge is 0.480 e. The fraction of sp³-hybridized carbons (Fsp3) is 0.200. The molecule has 0 N–H and O–H groups in total. The minimum absolute atomic E-state index is 0.0472. The van der Waals surface area contributed by atoms with E-state index in [9.17, 15) is 4.79 Å². The molecule has 2 aromatic rings. The first-order chi connectivity index (χ1) is 9.15. The summed E-state index contributed by atoms with van der Waals surface area (Å²) in [5, 5.41) is 0. The van der Waals surface area contributed by atoms with E-state index in [2.05, 4.69) is 4.98 Å². The summed E-state index contributed by atoms with van der Waals surface area (Å²) in [4.78, 5) is 18.2. The van der Waals surface area contributed by atoms with Crippen molar-refractivity contribution in [3.8, 4) is 5.75 Å². The second-order valence-corrected chi connectivity index (χ2v) is 4.63. The molecule has 0 atom stereocenters. The van der Waals surface area contributed by atoms with Crippen molar-refractivity contribution < 1.29 is 9.53 Å². The summed E-state index contributed by atoms with van der Waals surface area (Å²) < 4.78 is 5.41. The van der Waals surface area contributed by atoms with Crippen LogP contribution in [0, 0.1) is 13.8 Å². The Morgan fingerprint density at radius 1 is 1.11 bits per heavy atom. The number of benzene rings is 1. The quantitative estimate of drug-likeness (QED) is 0.785. The normalized spacial score (nSPS) is 14.0. The van der Waals surface area contributed by atoms with E-state index in [1.54, 1.807) is 4.90 Å². The zero-order valence-corrected chi connectivity index (χ0v) is 10.9. The van der Waals surface area contributed by atoms with Crippen LogP contribution in [0.2, 0.25) is 0 Å². The number of pyridine rings is 1. The summed E-state index contributed by atoms with van der Waals surface area (Å²) in [6, 6.07) is 11.5. The lowest BCUT2D eigenvalue weighted by Gasteiger charge is -2.28. The summed E-state index contributed by atoms with van der Waals surface area (Å²) in [5.74, 6) is 1.11. The lowest BCUT2D eigenvalue weighted by atomic mass is 10.2. The van der Waals surface area contributed by atoms with Crippen molar-refractivity contribution in [1.82, 2.24) is 4.98 Å². The molecule has 1 aliphatic heterocycles.